The summed E-state index contributed by atoms with van der Waals surface area (Å²) in [4.78, 5) is 12.4. The number of aromatic amines is 1. The monoisotopic (exact) mass is 328 g/mol. The van der Waals surface area contributed by atoms with E-state index >= 15 is 0 Å². The number of H-pyrrole nitrogens is 1. The van der Waals surface area contributed by atoms with Crippen molar-refractivity contribution in [3.63, 3.8) is 0 Å². The van der Waals surface area contributed by atoms with Crippen LogP contribution in [-0.2, 0) is 12.8 Å². The van der Waals surface area contributed by atoms with Gasteiger partial charge in [-0.05, 0) is 19.4 Å². The summed E-state index contributed by atoms with van der Waals surface area (Å²) < 4.78 is 5.30. The molecule has 0 saturated heterocycles. The van der Waals surface area contributed by atoms with Gasteiger partial charge in [0.15, 0.2) is 11.0 Å². The van der Waals surface area contributed by atoms with E-state index in [0.717, 1.165) is 35.2 Å². The van der Waals surface area contributed by atoms with Gasteiger partial charge in [0.25, 0.3) is 0 Å². The van der Waals surface area contributed by atoms with Crippen LogP contribution in [0.5, 0.6) is 0 Å². The minimum absolute atomic E-state index is 0.0675. The van der Waals surface area contributed by atoms with E-state index in [0.29, 0.717) is 5.89 Å². The van der Waals surface area contributed by atoms with E-state index < -0.39 is 0 Å². The molecule has 120 valence electrons. The number of nitrogens with zero attached hydrogens (tertiary/aromatic N) is 3. The van der Waals surface area contributed by atoms with Crippen molar-refractivity contribution in [2.45, 2.75) is 44.0 Å². The van der Waals surface area contributed by atoms with E-state index in [9.17, 15) is 0 Å². The van der Waals surface area contributed by atoms with Crippen molar-refractivity contribution < 1.29 is 4.52 Å². The van der Waals surface area contributed by atoms with Crippen LogP contribution in [0.15, 0.2) is 40.0 Å². The van der Waals surface area contributed by atoms with Crippen LogP contribution in [0.2, 0.25) is 0 Å². The Morgan fingerprint density at radius 1 is 1.22 bits per heavy atom. The molecule has 0 saturated carbocycles. The molecule has 0 unspecified atom stereocenters. The number of benzene rings is 1. The first-order valence-electron chi connectivity index (χ1n) is 7.74. The highest BCUT2D eigenvalue weighted by atomic mass is 32.2. The number of hydrogen-bond acceptors (Lipinski definition) is 5. The Morgan fingerprint density at radius 2 is 2.00 bits per heavy atom. The third kappa shape index (κ3) is 3.82. The van der Waals surface area contributed by atoms with Crippen LogP contribution in [-0.4, -0.2) is 20.1 Å². The van der Waals surface area contributed by atoms with Gasteiger partial charge in [-0.1, -0.05) is 54.2 Å². The molecule has 6 heteroatoms. The van der Waals surface area contributed by atoms with E-state index in [1.165, 1.54) is 5.56 Å². The fourth-order valence-electron chi connectivity index (χ4n) is 2.28. The summed E-state index contributed by atoms with van der Waals surface area (Å²) in [6, 6.07) is 10.4. The van der Waals surface area contributed by atoms with Crippen molar-refractivity contribution in [1.82, 2.24) is 20.1 Å². The van der Waals surface area contributed by atoms with Crippen molar-refractivity contribution in [3.05, 3.63) is 59.0 Å². The lowest BCUT2D eigenvalue weighted by molar-refractivity contribution is 0.375. The first-order chi connectivity index (χ1) is 11.2. The standard InChI is InChI=1S/C17H20N4OS/c1-4-15-20-16(22-21-15)12(3)23-17-18-11(2)14(19-17)10-13-8-6-5-7-9-13/h5-9,12H,4,10H2,1-3H3,(H,18,19)/t12-/m1/s1. The molecule has 0 bridgehead atoms. The van der Waals surface area contributed by atoms with Gasteiger partial charge in [-0.25, -0.2) is 4.98 Å². The molecule has 3 aromatic rings. The Balaban J connectivity index is 1.70. The predicted octanol–water partition coefficient (Wildman–Crippen LogP) is 4.11. The maximum absolute atomic E-state index is 5.30. The van der Waals surface area contributed by atoms with Crippen molar-refractivity contribution in [2.24, 2.45) is 0 Å². The van der Waals surface area contributed by atoms with Crippen molar-refractivity contribution in [3.8, 4) is 0 Å². The van der Waals surface area contributed by atoms with Gasteiger partial charge in [-0.3, -0.25) is 0 Å². The molecule has 0 aliphatic rings. The summed E-state index contributed by atoms with van der Waals surface area (Å²) in [5.41, 5.74) is 3.44. The highest BCUT2D eigenvalue weighted by molar-refractivity contribution is 7.99. The van der Waals surface area contributed by atoms with Gasteiger partial charge in [-0.2, -0.15) is 4.98 Å². The topological polar surface area (TPSA) is 67.6 Å². The molecular formula is C17H20N4OS. The zero-order valence-electron chi connectivity index (χ0n) is 13.5. The highest BCUT2D eigenvalue weighted by Gasteiger charge is 2.18. The molecule has 23 heavy (non-hydrogen) atoms. The first-order valence-corrected chi connectivity index (χ1v) is 8.62. The predicted molar refractivity (Wildman–Crippen MR) is 90.5 cm³/mol. The van der Waals surface area contributed by atoms with E-state index in [1.54, 1.807) is 11.8 Å². The summed E-state index contributed by atoms with van der Waals surface area (Å²) in [5, 5.41) is 4.90. The zero-order valence-corrected chi connectivity index (χ0v) is 14.4. The normalized spacial score (nSPS) is 12.5. The molecule has 0 fully saturated rings. The largest absolute Gasteiger partial charge is 0.338 e. The average Bonchev–Trinajstić information content (AvgIpc) is 3.16. The number of aromatic nitrogens is 4. The second-order valence-electron chi connectivity index (χ2n) is 5.44. The summed E-state index contributed by atoms with van der Waals surface area (Å²) in [5.74, 6) is 1.39. The minimum Gasteiger partial charge on any atom is -0.338 e. The molecule has 3 rings (SSSR count). The Morgan fingerprint density at radius 3 is 2.70 bits per heavy atom. The molecule has 0 aliphatic heterocycles. The fourth-order valence-corrected chi connectivity index (χ4v) is 3.18. The molecule has 0 radical (unpaired) electrons. The Bertz CT molecular complexity index is 766. The molecular weight excluding hydrogens is 308 g/mol. The average molecular weight is 328 g/mol. The molecule has 0 amide bonds. The molecule has 2 heterocycles. The van der Waals surface area contributed by atoms with Crippen LogP contribution in [0.3, 0.4) is 0 Å². The maximum Gasteiger partial charge on any atom is 0.239 e. The lowest BCUT2D eigenvalue weighted by Crippen LogP contribution is -1.92. The van der Waals surface area contributed by atoms with Crippen LogP contribution >= 0.6 is 11.8 Å². The smallest absolute Gasteiger partial charge is 0.239 e. The number of imidazole rings is 1. The Kier molecular flexibility index (Phi) is 4.81. The molecule has 0 spiro atoms. The SMILES string of the molecule is CCc1noc([C@@H](C)Sc2nc(Cc3ccccc3)c(C)[nH]2)n1. The number of rotatable bonds is 6. The number of thioether (sulfide) groups is 1. The fraction of sp³-hybridized carbons (Fsp3) is 0.353. The van der Waals surface area contributed by atoms with Gasteiger partial charge >= 0.3 is 0 Å². The molecule has 1 atom stereocenters. The second kappa shape index (κ2) is 7.00. The number of hydrogen-bond donors (Lipinski definition) is 1. The third-order valence-corrected chi connectivity index (χ3v) is 4.59. The van der Waals surface area contributed by atoms with E-state index in [1.807, 2.05) is 19.9 Å². The Labute approximate surface area is 139 Å². The van der Waals surface area contributed by atoms with Crippen molar-refractivity contribution in [1.29, 1.82) is 0 Å². The van der Waals surface area contributed by atoms with Crippen molar-refractivity contribution in [2.75, 3.05) is 0 Å². The van der Waals surface area contributed by atoms with E-state index in [2.05, 4.69) is 46.3 Å². The maximum atomic E-state index is 5.30. The zero-order chi connectivity index (χ0) is 16.2. The van der Waals surface area contributed by atoms with Crippen LogP contribution in [0.1, 0.15) is 47.8 Å². The summed E-state index contributed by atoms with van der Waals surface area (Å²) in [6.07, 6.45) is 1.61. The second-order valence-corrected chi connectivity index (χ2v) is 6.77. The number of aryl methyl sites for hydroxylation is 2. The molecule has 0 aliphatic carbocycles. The summed E-state index contributed by atoms with van der Waals surface area (Å²) in [6.45, 7) is 6.12. The van der Waals surface area contributed by atoms with Gasteiger partial charge < -0.3 is 9.51 Å². The van der Waals surface area contributed by atoms with Gasteiger partial charge in [0.1, 0.15) is 0 Å². The van der Waals surface area contributed by atoms with Crippen LogP contribution in [0, 0.1) is 6.92 Å². The van der Waals surface area contributed by atoms with Gasteiger partial charge in [-0.15, -0.1) is 0 Å². The molecule has 2 aromatic heterocycles. The first kappa shape index (κ1) is 15.8. The lowest BCUT2D eigenvalue weighted by Gasteiger charge is -2.02. The van der Waals surface area contributed by atoms with Gasteiger partial charge in [0.05, 0.1) is 10.9 Å². The van der Waals surface area contributed by atoms with Crippen molar-refractivity contribution >= 4 is 11.8 Å². The van der Waals surface area contributed by atoms with E-state index in [-0.39, 0.29) is 5.25 Å². The highest BCUT2D eigenvalue weighted by Crippen LogP contribution is 2.32. The number of nitrogens with one attached hydrogen (secondary N) is 1. The lowest BCUT2D eigenvalue weighted by atomic mass is 10.1. The third-order valence-electron chi connectivity index (χ3n) is 3.61. The quantitative estimate of drug-likeness (QED) is 0.690. The van der Waals surface area contributed by atoms with Crippen LogP contribution < -0.4 is 0 Å². The minimum atomic E-state index is 0.0675. The van der Waals surface area contributed by atoms with Crippen LogP contribution in [0.25, 0.3) is 0 Å². The molecule has 1 aromatic carbocycles. The van der Waals surface area contributed by atoms with Gasteiger partial charge in [0, 0.05) is 18.5 Å². The summed E-state index contributed by atoms with van der Waals surface area (Å²) in [7, 11) is 0. The Hall–Kier alpha value is -2.08. The molecule has 1 N–H and O–H groups in total. The summed E-state index contributed by atoms with van der Waals surface area (Å²) >= 11 is 1.60. The van der Waals surface area contributed by atoms with Crippen LogP contribution in [0.4, 0.5) is 0 Å². The van der Waals surface area contributed by atoms with E-state index in [4.69, 9.17) is 9.51 Å². The molecule has 5 nitrogen and oxygen atoms in total. The van der Waals surface area contributed by atoms with Gasteiger partial charge in [0.2, 0.25) is 5.89 Å².